The molecule has 0 spiro atoms. The predicted octanol–water partition coefficient (Wildman–Crippen LogP) is 4.40. The second-order valence-electron chi connectivity index (χ2n) is 3.65. The Morgan fingerprint density at radius 1 is 1.29 bits per heavy atom. The van der Waals surface area contributed by atoms with Gasteiger partial charge >= 0.3 is 0 Å². The van der Waals surface area contributed by atoms with Crippen molar-refractivity contribution in [2.75, 3.05) is 5.73 Å². The lowest BCUT2D eigenvalue weighted by Crippen LogP contribution is -1.93. The molecule has 0 aliphatic rings. The zero-order chi connectivity index (χ0) is 12.4. The van der Waals surface area contributed by atoms with Crippen LogP contribution in [0.1, 0.15) is 23.1 Å². The summed E-state index contributed by atoms with van der Waals surface area (Å²) in [5.41, 5.74) is 8.12. The maximum atomic E-state index is 5.77. The smallest absolute Gasteiger partial charge is 0.180 e. The topological polar surface area (TPSA) is 38.9 Å². The molecule has 5 heteroatoms. The number of hydrogen-bond acceptors (Lipinski definition) is 3. The highest BCUT2D eigenvalue weighted by atomic mass is 79.9. The van der Waals surface area contributed by atoms with Gasteiger partial charge in [-0.3, -0.25) is 0 Å². The number of nitrogen functional groups attached to an aromatic ring is 1. The van der Waals surface area contributed by atoms with Crippen molar-refractivity contribution in [3.63, 3.8) is 0 Å². The van der Waals surface area contributed by atoms with Crippen LogP contribution in [0.4, 0.5) is 5.13 Å². The number of aryl methyl sites for hydroxylation is 1. The van der Waals surface area contributed by atoms with E-state index in [9.17, 15) is 0 Å². The molecule has 0 unspecified atom stereocenters. The molecule has 2 nitrogen and oxygen atoms in total. The van der Waals surface area contributed by atoms with E-state index < -0.39 is 0 Å². The first kappa shape index (κ1) is 13.1. The minimum atomic E-state index is 0.653. The average molecular weight is 376 g/mol. The molecule has 0 bridgehead atoms. The molecule has 0 fully saturated rings. The third-order valence-electron chi connectivity index (χ3n) is 2.53. The van der Waals surface area contributed by atoms with Crippen molar-refractivity contribution in [3.8, 4) is 0 Å². The number of anilines is 1. The Morgan fingerprint density at radius 2 is 1.94 bits per heavy atom. The number of nitrogens with two attached hydrogens (primary N) is 1. The largest absolute Gasteiger partial charge is 0.375 e. The summed E-state index contributed by atoms with van der Waals surface area (Å²) in [6.45, 7) is 2.10. The quantitative estimate of drug-likeness (QED) is 0.863. The molecule has 0 aliphatic heterocycles. The van der Waals surface area contributed by atoms with Crippen LogP contribution in [-0.4, -0.2) is 4.98 Å². The van der Waals surface area contributed by atoms with Gasteiger partial charge in [0.05, 0.1) is 5.69 Å². The van der Waals surface area contributed by atoms with Crippen LogP contribution in [0.2, 0.25) is 0 Å². The maximum absolute atomic E-state index is 5.77. The van der Waals surface area contributed by atoms with Crippen molar-refractivity contribution in [1.82, 2.24) is 4.98 Å². The summed E-state index contributed by atoms with van der Waals surface area (Å²) in [6.07, 6.45) is 1.78. The molecule has 0 aliphatic carbocycles. The fourth-order valence-corrected chi connectivity index (χ4v) is 3.89. The lowest BCUT2D eigenvalue weighted by Gasteiger charge is -2.06. The summed E-state index contributed by atoms with van der Waals surface area (Å²) in [4.78, 5) is 5.60. The Kier molecular flexibility index (Phi) is 4.22. The molecule has 90 valence electrons. The lowest BCUT2D eigenvalue weighted by molar-refractivity contribution is 1.02. The summed E-state index contributed by atoms with van der Waals surface area (Å²) >= 11 is 8.74. The van der Waals surface area contributed by atoms with Gasteiger partial charge in [-0.1, -0.05) is 44.8 Å². The number of benzene rings is 1. The predicted molar refractivity (Wildman–Crippen MR) is 80.6 cm³/mol. The van der Waals surface area contributed by atoms with Gasteiger partial charge in [-0.2, -0.15) is 0 Å². The molecule has 1 aromatic carbocycles. The fourth-order valence-electron chi connectivity index (χ4n) is 1.68. The number of hydrogen-bond donors (Lipinski definition) is 1. The van der Waals surface area contributed by atoms with E-state index >= 15 is 0 Å². The second-order valence-corrected chi connectivity index (χ2v) is 6.48. The maximum Gasteiger partial charge on any atom is 0.180 e. The minimum absolute atomic E-state index is 0.653. The normalized spacial score (nSPS) is 10.8. The standard InChI is InChI=1S/C12H12Br2N2S/c1-2-10-11(17-12(15)16-10)6-7-8(13)4-3-5-9(7)14/h3-5H,2,6H2,1H3,(H2,15,16). The van der Waals surface area contributed by atoms with Crippen molar-refractivity contribution in [2.45, 2.75) is 19.8 Å². The highest BCUT2D eigenvalue weighted by molar-refractivity contribution is 9.11. The summed E-state index contributed by atoms with van der Waals surface area (Å²) in [7, 11) is 0. The molecule has 0 saturated carbocycles. The molecule has 1 aromatic heterocycles. The van der Waals surface area contributed by atoms with Gasteiger partial charge in [0, 0.05) is 20.2 Å². The number of halogens is 2. The van der Waals surface area contributed by atoms with Crippen LogP contribution in [0, 0.1) is 0 Å². The summed E-state index contributed by atoms with van der Waals surface area (Å²) in [6, 6.07) is 6.12. The van der Waals surface area contributed by atoms with E-state index in [0.717, 1.165) is 27.5 Å². The Labute approximate surface area is 122 Å². The van der Waals surface area contributed by atoms with E-state index in [-0.39, 0.29) is 0 Å². The molecule has 0 amide bonds. The van der Waals surface area contributed by atoms with Gasteiger partial charge in [0.25, 0.3) is 0 Å². The first-order valence-corrected chi connectivity index (χ1v) is 7.69. The lowest BCUT2D eigenvalue weighted by atomic mass is 10.1. The molecule has 0 radical (unpaired) electrons. The van der Waals surface area contributed by atoms with Crippen molar-refractivity contribution in [1.29, 1.82) is 0 Å². The third-order valence-corrected chi connectivity index (χ3v) is 4.94. The van der Waals surface area contributed by atoms with Gasteiger partial charge in [-0.05, 0) is 24.1 Å². The van der Waals surface area contributed by atoms with Crippen molar-refractivity contribution in [2.24, 2.45) is 0 Å². The van der Waals surface area contributed by atoms with E-state index in [4.69, 9.17) is 5.73 Å². The zero-order valence-corrected chi connectivity index (χ0v) is 13.3. The number of nitrogens with zero attached hydrogens (tertiary/aromatic N) is 1. The number of rotatable bonds is 3. The van der Waals surface area contributed by atoms with Crippen molar-refractivity contribution < 1.29 is 0 Å². The third kappa shape index (κ3) is 2.89. The molecular formula is C12H12Br2N2S. The molecule has 1 heterocycles. The van der Waals surface area contributed by atoms with Gasteiger partial charge in [-0.25, -0.2) is 4.98 Å². The van der Waals surface area contributed by atoms with Crippen molar-refractivity contribution in [3.05, 3.63) is 43.3 Å². The van der Waals surface area contributed by atoms with Crippen LogP contribution < -0.4 is 5.73 Å². The van der Waals surface area contributed by atoms with Crippen LogP contribution in [0.5, 0.6) is 0 Å². The van der Waals surface area contributed by atoms with E-state index in [2.05, 4.69) is 55.9 Å². The summed E-state index contributed by atoms with van der Waals surface area (Å²) in [5, 5.41) is 0.653. The highest BCUT2D eigenvalue weighted by Gasteiger charge is 2.12. The average Bonchev–Trinajstić information content (AvgIpc) is 2.64. The molecule has 0 saturated heterocycles. The van der Waals surface area contributed by atoms with Gasteiger partial charge in [0.15, 0.2) is 5.13 Å². The number of thiazole rings is 1. The molecule has 17 heavy (non-hydrogen) atoms. The van der Waals surface area contributed by atoms with Gasteiger partial charge in [0.2, 0.25) is 0 Å². The van der Waals surface area contributed by atoms with Crippen LogP contribution in [-0.2, 0) is 12.8 Å². The Balaban J connectivity index is 2.37. The fraction of sp³-hybridized carbons (Fsp3) is 0.250. The first-order chi connectivity index (χ1) is 8.11. The zero-order valence-electron chi connectivity index (χ0n) is 9.34. The SMILES string of the molecule is CCc1nc(N)sc1Cc1c(Br)cccc1Br. The molecule has 2 rings (SSSR count). The van der Waals surface area contributed by atoms with Gasteiger partial charge in [0.1, 0.15) is 0 Å². The Bertz CT molecular complexity index is 517. The monoisotopic (exact) mass is 374 g/mol. The van der Waals surface area contributed by atoms with Crippen LogP contribution in [0.3, 0.4) is 0 Å². The minimum Gasteiger partial charge on any atom is -0.375 e. The van der Waals surface area contributed by atoms with E-state index in [1.807, 2.05) is 6.07 Å². The first-order valence-electron chi connectivity index (χ1n) is 5.28. The number of aromatic nitrogens is 1. The molecule has 0 atom stereocenters. The van der Waals surface area contributed by atoms with Crippen LogP contribution in [0.15, 0.2) is 27.1 Å². The summed E-state index contributed by atoms with van der Waals surface area (Å²) < 4.78 is 2.22. The second kappa shape index (κ2) is 5.50. The van der Waals surface area contributed by atoms with Gasteiger partial charge in [-0.15, -0.1) is 11.3 Å². The Hall–Kier alpha value is -0.390. The molecule has 2 aromatic rings. The van der Waals surface area contributed by atoms with Crippen molar-refractivity contribution >= 4 is 48.3 Å². The van der Waals surface area contributed by atoms with Gasteiger partial charge < -0.3 is 5.73 Å². The van der Waals surface area contributed by atoms with Crippen LogP contribution >= 0.6 is 43.2 Å². The van der Waals surface area contributed by atoms with E-state index in [1.165, 1.54) is 10.4 Å². The van der Waals surface area contributed by atoms with Crippen LogP contribution in [0.25, 0.3) is 0 Å². The Morgan fingerprint density at radius 3 is 2.53 bits per heavy atom. The van der Waals surface area contributed by atoms with E-state index in [0.29, 0.717) is 5.13 Å². The molecular weight excluding hydrogens is 364 g/mol. The van der Waals surface area contributed by atoms with E-state index in [1.54, 1.807) is 11.3 Å². The summed E-state index contributed by atoms with van der Waals surface area (Å²) in [5.74, 6) is 0. The highest BCUT2D eigenvalue weighted by Crippen LogP contribution is 2.31. The molecule has 2 N–H and O–H groups in total.